The Hall–Kier alpha value is -0.490. The van der Waals surface area contributed by atoms with Crippen molar-refractivity contribution in [2.75, 3.05) is 33.7 Å². The maximum absolute atomic E-state index is 5.61. The summed E-state index contributed by atoms with van der Waals surface area (Å²) in [6.45, 7) is 3.93. The van der Waals surface area contributed by atoms with Crippen LogP contribution >= 0.6 is 11.3 Å². The standard InChI is InChI=1S/C11H20N4S/c1-14-4-3-5-15(2)10(7-14)11-13-9(6-12)8-16-11/h8,10H,3-7,12H2,1-2H3. The van der Waals surface area contributed by atoms with Gasteiger partial charge in [-0.3, -0.25) is 4.90 Å². The number of nitrogens with two attached hydrogens (primary N) is 1. The zero-order valence-corrected chi connectivity index (χ0v) is 10.8. The third-order valence-corrected chi connectivity index (χ3v) is 4.13. The first-order chi connectivity index (χ1) is 7.70. The summed E-state index contributed by atoms with van der Waals surface area (Å²) >= 11 is 1.74. The van der Waals surface area contributed by atoms with Gasteiger partial charge in [-0.05, 0) is 33.6 Å². The lowest BCUT2D eigenvalue weighted by molar-refractivity contribution is 0.228. The predicted molar refractivity (Wildman–Crippen MR) is 67.5 cm³/mol. The number of aromatic nitrogens is 1. The molecule has 2 rings (SSSR count). The number of hydrogen-bond donors (Lipinski definition) is 1. The van der Waals surface area contributed by atoms with E-state index in [0.29, 0.717) is 12.6 Å². The van der Waals surface area contributed by atoms with Crippen LogP contribution in [-0.4, -0.2) is 48.5 Å². The van der Waals surface area contributed by atoms with E-state index in [-0.39, 0.29) is 0 Å². The molecule has 0 saturated carbocycles. The van der Waals surface area contributed by atoms with Gasteiger partial charge in [0, 0.05) is 18.5 Å². The van der Waals surface area contributed by atoms with Gasteiger partial charge in [0.1, 0.15) is 5.01 Å². The van der Waals surface area contributed by atoms with Gasteiger partial charge in [-0.25, -0.2) is 4.98 Å². The third-order valence-electron chi connectivity index (χ3n) is 3.13. The molecular weight excluding hydrogens is 220 g/mol. The van der Waals surface area contributed by atoms with Crippen LogP contribution in [0, 0.1) is 0 Å². The van der Waals surface area contributed by atoms with E-state index < -0.39 is 0 Å². The molecule has 0 bridgehead atoms. The lowest BCUT2D eigenvalue weighted by Gasteiger charge is -2.25. The largest absolute Gasteiger partial charge is 0.325 e. The molecule has 1 aliphatic heterocycles. The molecule has 0 radical (unpaired) electrons. The molecule has 4 nitrogen and oxygen atoms in total. The minimum atomic E-state index is 0.429. The molecule has 2 heterocycles. The van der Waals surface area contributed by atoms with E-state index in [1.165, 1.54) is 18.0 Å². The van der Waals surface area contributed by atoms with E-state index in [1.54, 1.807) is 11.3 Å². The Morgan fingerprint density at radius 2 is 2.31 bits per heavy atom. The number of rotatable bonds is 2. The number of hydrogen-bond acceptors (Lipinski definition) is 5. The average Bonchev–Trinajstić information content (AvgIpc) is 2.67. The van der Waals surface area contributed by atoms with E-state index in [9.17, 15) is 0 Å². The molecule has 1 aromatic heterocycles. The fourth-order valence-electron chi connectivity index (χ4n) is 2.11. The molecule has 1 atom stereocenters. The highest BCUT2D eigenvalue weighted by molar-refractivity contribution is 7.09. The van der Waals surface area contributed by atoms with Crippen LogP contribution in [0.3, 0.4) is 0 Å². The zero-order valence-electron chi connectivity index (χ0n) is 10.0. The van der Waals surface area contributed by atoms with Crippen LogP contribution < -0.4 is 5.73 Å². The van der Waals surface area contributed by atoms with Gasteiger partial charge in [0.15, 0.2) is 0 Å². The Labute approximate surface area is 101 Å². The molecule has 0 aliphatic carbocycles. The normalized spacial score (nSPS) is 24.6. The van der Waals surface area contributed by atoms with Gasteiger partial charge in [-0.1, -0.05) is 0 Å². The summed E-state index contributed by atoms with van der Waals surface area (Å²) in [5.74, 6) is 0. The quantitative estimate of drug-likeness (QED) is 0.834. The molecular formula is C11H20N4S. The fourth-order valence-corrected chi connectivity index (χ4v) is 3.10. The molecule has 1 saturated heterocycles. The summed E-state index contributed by atoms with van der Waals surface area (Å²) in [5, 5.41) is 3.28. The fraction of sp³-hybridized carbons (Fsp3) is 0.727. The van der Waals surface area contributed by atoms with Gasteiger partial charge < -0.3 is 10.6 Å². The van der Waals surface area contributed by atoms with Crippen molar-refractivity contribution in [3.05, 3.63) is 16.1 Å². The molecule has 1 unspecified atom stereocenters. The second-order valence-electron chi connectivity index (χ2n) is 4.49. The van der Waals surface area contributed by atoms with Crippen molar-refractivity contribution in [3.8, 4) is 0 Å². The van der Waals surface area contributed by atoms with Gasteiger partial charge in [0.05, 0.1) is 11.7 Å². The SMILES string of the molecule is CN1CCCN(C)C(c2nc(CN)cs2)C1. The summed E-state index contributed by atoms with van der Waals surface area (Å²) < 4.78 is 0. The van der Waals surface area contributed by atoms with E-state index in [1.807, 2.05) is 0 Å². The maximum atomic E-state index is 5.61. The predicted octanol–water partition coefficient (Wildman–Crippen LogP) is 0.910. The Morgan fingerprint density at radius 3 is 3.00 bits per heavy atom. The molecule has 1 aliphatic rings. The van der Waals surface area contributed by atoms with Gasteiger partial charge in [-0.2, -0.15) is 0 Å². The van der Waals surface area contributed by atoms with Crippen LogP contribution in [0.15, 0.2) is 5.38 Å². The Balaban J connectivity index is 2.15. The molecule has 2 N–H and O–H groups in total. The van der Waals surface area contributed by atoms with Crippen LogP contribution in [0.25, 0.3) is 0 Å². The van der Waals surface area contributed by atoms with Gasteiger partial charge in [0.25, 0.3) is 0 Å². The van der Waals surface area contributed by atoms with Crippen LogP contribution in [0.4, 0.5) is 0 Å². The minimum absolute atomic E-state index is 0.429. The zero-order chi connectivity index (χ0) is 11.5. The van der Waals surface area contributed by atoms with E-state index in [0.717, 1.165) is 18.8 Å². The summed E-state index contributed by atoms with van der Waals surface area (Å²) in [5.41, 5.74) is 6.62. The maximum Gasteiger partial charge on any atom is 0.111 e. The van der Waals surface area contributed by atoms with Crippen LogP contribution in [0.2, 0.25) is 0 Å². The lowest BCUT2D eigenvalue weighted by Crippen LogP contribution is -2.30. The second kappa shape index (κ2) is 5.23. The summed E-state index contributed by atoms with van der Waals surface area (Å²) in [6, 6.07) is 0.429. The van der Waals surface area contributed by atoms with Gasteiger partial charge in [-0.15, -0.1) is 11.3 Å². The topological polar surface area (TPSA) is 45.4 Å². The highest BCUT2D eigenvalue weighted by atomic mass is 32.1. The average molecular weight is 240 g/mol. The van der Waals surface area contributed by atoms with E-state index >= 15 is 0 Å². The summed E-state index contributed by atoms with van der Waals surface area (Å²) in [6.07, 6.45) is 1.23. The molecule has 16 heavy (non-hydrogen) atoms. The Morgan fingerprint density at radius 1 is 1.50 bits per heavy atom. The molecule has 1 fully saturated rings. The van der Waals surface area contributed by atoms with Crippen molar-refractivity contribution >= 4 is 11.3 Å². The lowest BCUT2D eigenvalue weighted by atomic mass is 10.2. The molecule has 0 aromatic carbocycles. The summed E-state index contributed by atoms with van der Waals surface area (Å²) in [7, 11) is 4.37. The number of nitrogens with zero attached hydrogens (tertiary/aromatic N) is 3. The van der Waals surface area contributed by atoms with Crippen LogP contribution in [0.5, 0.6) is 0 Å². The van der Waals surface area contributed by atoms with E-state index in [4.69, 9.17) is 5.73 Å². The molecule has 90 valence electrons. The van der Waals surface area contributed by atoms with Crippen molar-refractivity contribution in [2.24, 2.45) is 5.73 Å². The number of likely N-dealkylation sites (N-methyl/N-ethyl adjacent to an activating group) is 2. The van der Waals surface area contributed by atoms with E-state index in [2.05, 4.69) is 34.3 Å². The first kappa shape index (κ1) is 12.0. The van der Waals surface area contributed by atoms with Crippen molar-refractivity contribution in [1.82, 2.24) is 14.8 Å². The van der Waals surface area contributed by atoms with Crippen LogP contribution in [-0.2, 0) is 6.54 Å². The molecule has 0 spiro atoms. The monoisotopic (exact) mass is 240 g/mol. The molecule has 0 amide bonds. The minimum Gasteiger partial charge on any atom is -0.325 e. The molecule has 5 heteroatoms. The van der Waals surface area contributed by atoms with Crippen molar-refractivity contribution < 1.29 is 0 Å². The highest BCUT2D eigenvalue weighted by Crippen LogP contribution is 2.25. The molecule has 1 aromatic rings. The van der Waals surface area contributed by atoms with Crippen LogP contribution in [0.1, 0.15) is 23.2 Å². The van der Waals surface area contributed by atoms with Gasteiger partial charge >= 0.3 is 0 Å². The highest BCUT2D eigenvalue weighted by Gasteiger charge is 2.24. The van der Waals surface area contributed by atoms with Crippen molar-refractivity contribution in [2.45, 2.75) is 19.0 Å². The second-order valence-corrected chi connectivity index (χ2v) is 5.38. The number of thiazole rings is 1. The smallest absolute Gasteiger partial charge is 0.111 e. The van der Waals surface area contributed by atoms with Crippen molar-refractivity contribution in [3.63, 3.8) is 0 Å². The van der Waals surface area contributed by atoms with Crippen molar-refractivity contribution in [1.29, 1.82) is 0 Å². The Kier molecular flexibility index (Phi) is 3.91. The first-order valence-corrected chi connectivity index (χ1v) is 6.62. The first-order valence-electron chi connectivity index (χ1n) is 5.74. The third kappa shape index (κ3) is 2.60. The summed E-state index contributed by atoms with van der Waals surface area (Å²) in [4.78, 5) is 9.40. The van der Waals surface area contributed by atoms with Gasteiger partial charge in [0.2, 0.25) is 0 Å². The Bertz CT molecular complexity index is 338.